The molecule has 1 aromatic rings. The van der Waals surface area contributed by atoms with Gasteiger partial charge in [0.2, 0.25) is 10.0 Å². The molecule has 0 aliphatic carbocycles. The second kappa shape index (κ2) is 6.07. The lowest BCUT2D eigenvalue weighted by Crippen LogP contribution is -2.29. The summed E-state index contributed by atoms with van der Waals surface area (Å²) < 4.78 is 24.3. The van der Waals surface area contributed by atoms with Gasteiger partial charge in [-0.05, 0) is 12.1 Å². The second-order valence-corrected chi connectivity index (χ2v) is 6.53. The van der Waals surface area contributed by atoms with Gasteiger partial charge in [0, 0.05) is 26.8 Å². The molecule has 0 atom stereocenters. The van der Waals surface area contributed by atoms with Crippen LogP contribution >= 0.6 is 12.2 Å². The van der Waals surface area contributed by atoms with Gasteiger partial charge in [-0.3, -0.25) is 0 Å². The predicted octanol–water partition coefficient (Wildman–Crippen LogP) is 0.0191. The lowest BCUT2D eigenvalue weighted by molar-refractivity contribution is 0.521. The molecule has 0 saturated carbocycles. The Morgan fingerprint density at radius 3 is 2.78 bits per heavy atom. The number of nitrogens with zero attached hydrogens (tertiary/aromatic N) is 2. The van der Waals surface area contributed by atoms with Crippen LogP contribution < -0.4 is 11.1 Å². The molecule has 6 nitrogen and oxygen atoms in total. The van der Waals surface area contributed by atoms with E-state index in [9.17, 15) is 8.42 Å². The average Bonchev–Trinajstić information content (AvgIpc) is 2.29. The van der Waals surface area contributed by atoms with Gasteiger partial charge < -0.3 is 11.1 Å². The Balaban J connectivity index is 2.68. The van der Waals surface area contributed by atoms with Crippen molar-refractivity contribution in [3.05, 3.63) is 23.9 Å². The largest absolute Gasteiger partial charge is 0.389 e. The number of nitrogens with one attached hydrogen (secondary N) is 1. The van der Waals surface area contributed by atoms with Crippen LogP contribution in [0.2, 0.25) is 0 Å². The highest BCUT2D eigenvalue weighted by molar-refractivity contribution is 7.89. The van der Waals surface area contributed by atoms with Gasteiger partial charge in [-0.1, -0.05) is 12.2 Å². The molecular formula is C10H16N4O2S2. The van der Waals surface area contributed by atoms with Gasteiger partial charge in [0.1, 0.15) is 10.8 Å². The zero-order valence-corrected chi connectivity index (χ0v) is 11.9. The van der Waals surface area contributed by atoms with E-state index in [1.54, 1.807) is 18.3 Å². The number of hydrogen-bond donors (Lipinski definition) is 2. The number of pyridine rings is 1. The van der Waals surface area contributed by atoms with Crippen LogP contribution in [0.15, 0.2) is 18.3 Å². The van der Waals surface area contributed by atoms with Crippen molar-refractivity contribution in [2.24, 2.45) is 5.73 Å². The molecule has 100 valence electrons. The first-order valence-corrected chi connectivity index (χ1v) is 7.25. The standard InChI is InChI=1S/C10H16N4O2S2/c1-14(2)18(15,16)7-6-13-10-8(9(11)17)4-3-5-12-10/h3-5H,6-7H2,1-2H3,(H2,11,17)(H,12,13). The molecule has 0 aliphatic heterocycles. The van der Waals surface area contributed by atoms with Crippen molar-refractivity contribution in [2.45, 2.75) is 0 Å². The summed E-state index contributed by atoms with van der Waals surface area (Å²) in [6.07, 6.45) is 1.59. The Kier molecular flexibility index (Phi) is 5.00. The van der Waals surface area contributed by atoms with Gasteiger partial charge in [-0.25, -0.2) is 17.7 Å². The third kappa shape index (κ3) is 3.90. The van der Waals surface area contributed by atoms with Gasteiger partial charge >= 0.3 is 0 Å². The fourth-order valence-corrected chi connectivity index (χ4v) is 2.12. The van der Waals surface area contributed by atoms with E-state index in [0.717, 1.165) is 0 Å². The highest BCUT2D eigenvalue weighted by Gasteiger charge is 2.13. The third-order valence-corrected chi connectivity index (χ3v) is 4.33. The Labute approximate surface area is 112 Å². The smallest absolute Gasteiger partial charge is 0.215 e. The zero-order chi connectivity index (χ0) is 13.8. The van der Waals surface area contributed by atoms with Crippen LogP contribution in [-0.4, -0.2) is 49.1 Å². The number of rotatable bonds is 6. The molecule has 0 aromatic carbocycles. The summed E-state index contributed by atoms with van der Waals surface area (Å²) in [5, 5.41) is 2.92. The molecule has 0 aliphatic rings. The first-order chi connectivity index (χ1) is 8.34. The van der Waals surface area contributed by atoms with Crippen LogP contribution in [0, 0.1) is 0 Å². The van der Waals surface area contributed by atoms with E-state index in [-0.39, 0.29) is 17.3 Å². The van der Waals surface area contributed by atoms with E-state index in [0.29, 0.717) is 11.4 Å². The summed E-state index contributed by atoms with van der Waals surface area (Å²) in [6.45, 7) is 0.243. The van der Waals surface area contributed by atoms with Crippen molar-refractivity contribution in [1.82, 2.24) is 9.29 Å². The van der Waals surface area contributed by atoms with Gasteiger partial charge in [-0.2, -0.15) is 0 Å². The van der Waals surface area contributed by atoms with Crippen molar-refractivity contribution < 1.29 is 8.42 Å². The molecule has 1 rings (SSSR count). The first-order valence-electron chi connectivity index (χ1n) is 5.23. The first kappa shape index (κ1) is 14.8. The van der Waals surface area contributed by atoms with E-state index in [1.807, 2.05) is 0 Å². The maximum atomic E-state index is 11.6. The van der Waals surface area contributed by atoms with E-state index in [4.69, 9.17) is 18.0 Å². The van der Waals surface area contributed by atoms with Gasteiger partial charge in [0.05, 0.1) is 11.3 Å². The maximum Gasteiger partial charge on any atom is 0.215 e. The summed E-state index contributed by atoms with van der Waals surface area (Å²) in [7, 11) is -0.229. The van der Waals surface area contributed by atoms with Crippen molar-refractivity contribution in [3.63, 3.8) is 0 Å². The van der Waals surface area contributed by atoms with Crippen LogP contribution in [0.25, 0.3) is 0 Å². The summed E-state index contributed by atoms with van der Waals surface area (Å²) >= 11 is 4.89. The Morgan fingerprint density at radius 2 is 2.22 bits per heavy atom. The van der Waals surface area contributed by atoms with Crippen molar-refractivity contribution in [3.8, 4) is 0 Å². The van der Waals surface area contributed by atoms with E-state index in [2.05, 4.69) is 10.3 Å². The average molecular weight is 288 g/mol. The molecule has 1 aromatic heterocycles. The van der Waals surface area contributed by atoms with Crippen molar-refractivity contribution >= 4 is 33.0 Å². The third-order valence-electron chi connectivity index (χ3n) is 2.28. The predicted molar refractivity (Wildman–Crippen MR) is 76.1 cm³/mol. The number of nitrogens with two attached hydrogens (primary N) is 1. The molecule has 8 heteroatoms. The van der Waals surface area contributed by atoms with Gasteiger partial charge in [0.25, 0.3) is 0 Å². The molecule has 0 radical (unpaired) electrons. The molecular weight excluding hydrogens is 272 g/mol. The van der Waals surface area contributed by atoms with Crippen LogP contribution in [-0.2, 0) is 10.0 Å². The maximum absolute atomic E-state index is 11.6. The molecule has 0 saturated heterocycles. The minimum atomic E-state index is -3.22. The Bertz CT molecular complexity index is 528. The fourth-order valence-electron chi connectivity index (χ4n) is 1.23. The fraction of sp³-hybridized carbons (Fsp3) is 0.400. The molecule has 0 amide bonds. The summed E-state index contributed by atoms with van der Waals surface area (Å²) in [5.41, 5.74) is 6.15. The zero-order valence-electron chi connectivity index (χ0n) is 10.3. The van der Waals surface area contributed by atoms with Gasteiger partial charge in [0.15, 0.2) is 0 Å². The monoisotopic (exact) mass is 288 g/mol. The highest BCUT2D eigenvalue weighted by atomic mass is 32.2. The molecule has 18 heavy (non-hydrogen) atoms. The number of aromatic nitrogens is 1. The quantitative estimate of drug-likeness (QED) is 0.717. The molecule has 0 fully saturated rings. The molecule has 1 heterocycles. The topological polar surface area (TPSA) is 88.3 Å². The molecule has 0 unspecified atom stereocenters. The number of thiocarbonyl (C=S) groups is 1. The van der Waals surface area contributed by atoms with Crippen LogP contribution in [0.4, 0.5) is 5.82 Å². The minimum Gasteiger partial charge on any atom is -0.389 e. The van der Waals surface area contributed by atoms with Crippen LogP contribution in [0.1, 0.15) is 5.56 Å². The Hall–Kier alpha value is -1.25. The number of hydrogen-bond acceptors (Lipinski definition) is 5. The molecule has 0 spiro atoms. The van der Waals surface area contributed by atoms with Crippen molar-refractivity contribution in [2.75, 3.05) is 31.7 Å². The second-order valence-electron chi connectivity index (χ2n) is 3.79. The summed E-state index contributed by atoms with van der Waals surface area (Å²) in [4.78, 5) is 4.30. The lowest BCUT2D eigenvalue weighted by Gasteiger charge is -2.13. The number of anilines is 1. The summed E-state index contributed by atoms with van der Waals surface area (Å²) in [5.74, 6) is 0.479. The SMILES string of the molecule is CN(C)S(=O)(=O)CCNc1ncccc1C(N)=S. The highest BCUT2D eigenvalue weighted by Crippen LogP contribution is 2.10. The minimum absolute atomic E-state index is 0.0205. The lowest BCUT2D eigenvalue weighted by atomic mass is 10.2. The van der Waals surface area contributed by atoms with E-state index < -0.39 is 10.0 Å². The number of sulfonamides is 1. The van der Waals surface area contributed by atoms with Crippen LogP contribution in [0.5, 0.6) is 0 Å². The Morgan fingerprint density at radius 1 is 1.56 bits per heavy atom. The summed E-state index contributed by atoms with van der Waals surface area (Å²) in [6, 6.07) is 3.45. The van der Waals surface area contributed by atoms with Crippen molar-refractivity contribution in [1.29, 1.82) is 0 Å². The normalized spacial score (nSPS) is 11.5. The van der Waals surface area contributed by atoms with E-state index >= 15 is 0 Å². The van der Waals surface area contributed by atoms with Crippen LogP contribution in [0.3, 0.4) is 0 Å². The molecule has 0 bridgehead atoms. The molecule has 3 N–H and O–H groups in total. The van der Waals surface area contributed by atoms with E-state index in [1.165, 1.54) is 18.4 Å². The van der Waals surface area contributed by atoms with Gasteiger partial charge in [-0.15, -0.1) is 0 Å².